The van der Waals surface area contributed by atoms with E-state index in [1.165, 1.54) is 23.1 Å². The van der Waals surface area contributed by atoms with Gasteiger partial charge in [-0.05, 0) is 37.1 Å². The van der Waals surface area contributed by atoms with E-state index in [1.54, 1.807) is 6.92 Å². The molecule has 0 spiro atoms. The Labute approximate surface area is 185 Å². The topological polar surface area (TPSA) is 46.6 Å². The quantitative estimate of drug-likeness (QED) is 0.436. The number of esters is 1. The molecule has 1 aliphatic heterocycles. The van der Waals surface area contributed by atoms with E-state index in [4.69, 9.17) is 4.74 Å². The van der Waals surface area contributed by atoms with Crippen molar-refractivity contribution in [3.05, 3.63) is 94.7 Å². The number of hydrogen-bond donors (Lipinski definition) is 0. The lowest BCUT2D eigenvalue weighted by Crippen LogP contribution is -2.38. The minimum atomic E-state index is -4.47. The van der Waals surface area contributed by atoms with Crippen LogP contribution in [0.4, 0.5) is 13.2 Å². The molecule has 1 atom stereocenters. The number of benzene rings is 2. The molecule has 0 saturated heterocycles. The fourth-order valence-electron chi connectivity index (χ4n) is 3.75. The molecule has 32 heavy (non-hydrogen) atoms. The van der Waals surface area contributed by atoms with Gasteiger partial charge in [0.15, 0.2) is 0 Å². The molecule has 0 N–H and O–H groups in total. The molecule has 4 nitrogen and oxygen atoms in total. The van der Waals surface area contributed by atoms with Crippen molar-refractivity contribution in [1.29, 1.82) is 0 Å². The number of nitrogens with zero attached hydrogens (tertiary/aromatic N) is 1. The van der Waals surface area contributed by atoms with Crippen molar-refractivity contribution in [2.75, 3.05) is 6.61 Å². The Balaban J connectivity index is 2.00. The second-order valence-electron chi connectivity index (χ2n) is 7.73. The van der Waals surface area contributed by atoms with E-state index in [0.717, 1.165) is 23.3 Å². The number of carbonyl (C=O) groups excluding carboxylic acids is 2. The number of rotatable bonds is 6. The molecule has 168 valence electrons. The van der Waals surface area contributed by atoms with Crippen LogP contribution >= 0.6 is 0 Å². The molecule has 2 aromatic rings. The van der Waals surface area contributed by atoms with Gasteiger partial charge in [-0.1, -0.05) is 54.6 Å². The normalized spacial score (nSPS) is 16.8. The summed E-state index contributed by atoms with van der Waals surface area (Å²) in [6, 6.07) is 12.2. The molecule has 1 heterocycles. The van der Waals surface area contributed by atoms with Gasteiger partial charge in [0.25, 0.3) is 0 Å². The Morgan fingerprint density at radius 1 is 1.12 bits per heavy atom. The summed E-state index contributed by atoms with van der Waals surface area (Å²) in [7, 11) is 0. The third-order valence-electron chi connectivity index (χ3n) is 5.48. The molecular formula is C25H24F3NO3. The second-order valence-corrected chi connectivity index (χ2v) is 7.73. The third kappa shape index (κ3) is 5.10. The van der Waals surface area contributed by atoms with Crippen LogP contribution in [0.5, 0.6) is 0 Å². The van der Waals surface area contributed by atoms with Crippen LogP contribution in [0.15, 0.2) is 72.5 Å². The number of hydrogen-bond acceptors (Lipinski definition) is 3. The Kier molecular flexibility index (Phi) is 6.87. The first-order valence-electron chi connectivity index (χ1n) is 10.1. The molecule has 0 radical (unpaired) electrons. The first kappa shape index (κ1) is 23.3. The van der Waals surface area contributed by atoms with Gasteiger partial charge < -0.3 is 9.64 Å². The maximum atomic E-state index is 13.0. The van der Waals surface area contributed by atoms with Crippen LogP contribution < -0.4 is 0 Å². The highest BCUT2D eigenvalue weighted by atomic mass is 19.4. The summed E-state index contributed by atoms with van der Waals surface area (Å²) < 4.78 is 44.1. The molecule has 0 aliphatic carbocycles. The number of carbonyl (C=O) groups is 2. The number of allylic oxidation sites excluding steroid dienone is 1. The van der Waals surface area contributed by atoms with Gasteiger partial charge in [-0.3, -0.25) is 4.79 Å². The first-order chi connectivity index (χ1) is 15.1. The highest BCUT2D eigenvalue weighted by molar-refractivity contribution is 5.95. The lowest BCUT2D eigenvalue weighted by molar-refractivity contribution is -0.140. The van der Waals surface area contributed by atoms with Gasteiger partial charge in [0.1, 0.15) is 6.61 Å². The third-order valence-corrected chi connectivity index (χ3v) is 5.48. The molecule has 1 aliphatic rings. The van der Waals surface area contributed by atoms with E-state index in [1.807, 2.05) is 31.2 Å². The van der Waals surface area contributed by atoms with Gasteiger partial charge in [-0.2, -0.15) is 13.2 Å². The zero-order valence-corrected chi connectivity index (χ0v) is 17.9. The standard InChI is InChI=1S/C25H24F3NO3/c1-4-13-32-24(31)23-17(3)29(15-18-7-5-16(2)6-8-18)22(30)14-21(23)19-9-11-20(12-10-19)25(26,27)28/h4-12,21H,1,13-15H2,2-3H3/t21-/m1/s1. The molecule has 0 fully saturated rings. The van der Waals surface area contributed by atoms with Gasteiger partial charge in [0.2, 0.25) is 5.91 Å². The van der Waals surface area contributed by atoms with E-state index >= 15 is 0 Å². The van der Waals surface area contributed by atoms with Crippen molar-refractivity contribution in [3.63, 3.8) is 0 Å². The van der Waals surface area contributed by atoms with Crippen molar-refractivity contribution in [1.82, 2.24) is 4.90 Å². The van der Waals surface area contributed by atoms with E-state index in [0.29, 0.717) is 11.3 Å². The Morgan fingerprint density at radius 2 is 1.75 bits per heavy atom. The monoisotopic (exact) mass is 443 g/mol. The van der Waals surface area contributed by atoms with Crippen molar-refractivity contribution in [3.8, 4) is 0 Å². The summed E-state index contributed by atoms with van der Waals surface area (Å²) in [4.78, 5) is 27.4. The first-order valence-corrected chi connectivity index (χ1v) is 10.1. The van der Waals surface area contributed by atoms with Crippen LogP contribution in [0.2, 0.25) is 0 Å². The van der Waals surface area contributed by atoms with Crippen LogP contribution in [0.25, 0.3) is 0 Å². The van der Waals surface area contributed by atoms with Crippen LogP contribution in [-0.4, -0.2) is 23.4 Å². The van der Waals surface area contributed by atoms with E-state index in [2.05, 4.69) is 6.58 Å². The number of ether oxygens (including phenoxy) is 1. The number of amides is 1. The Hall–Kier alpha value is -3.35. The average molecular weight is 443 g/mol. The van der Waals surface area contributed by atoms with Gasteiger partial charge in [-0.25, -0.2) is 4.79 Å². The van der Waals surface area contributed by atoms with Crippen LogP contribution in [0, 0.1) is 6.92 Å². The fraction of sp³-hybridized carbons (Fsp3) is 0.280. The number of aryl methyl sites for hydroxylation is 1. The van der Waals surface area contributed by atoms with Crippen LogP contribution in [0.3, 0.4) is 0 Å². The molecule has 0 bridgehead atoms. The minimum absolute atomic E-state index is 0.0126. The summed E-state index contributed by atoms with van der Waals surface area (Å²) >= 11 is 0. The minimum Gasteiger partial charge on any atom is -0.458 e. The largest absolute Gasteiger partial charge is 0.458 e. The predicted molar refractivity (Wildman–Crippen MR) is 114 cm³/mol. The van der Waals surface area contributed by atoms with Crippen molar-refractivity contribution in [2.45, 2.75) is 38.9 Å². The predicted octanol–water partition coefficient (Wildman–Crippen LogP) is 5.53. The summed E-state index contributed by atoms with van der Waals surface area (Å²) in [5.74, 6) is -1.53. The lowest BCUT2D eigenvalue weighted by atomic mass is 9.83. The lowest BCUT2D eigenvalue weighted by Gasteiger charge is -2.34. The maximum absolute atomic E-state index is 13.0. The van der Waals surface area contributed by atoms with E-state index in [9.17, 15) is 22.8 Å². The summed E-state index contributed by atoms with van der Waals surface area (Å²) in [6.45, 7) is 7.42. The Bertz CT molecular complexity index is 1040. The number of alkyl halides is 3. The van der Waals surface area contributed by atoms with Crippen LogP contribution in [-0.2, 0) is 27.0 Å². The molecule has 0 saturated carbocycles. The molecule has 0 unspecified atom stereocenters. The molecule has 2 aromatic carbocycles. The SMILES string of the molecule is C=CCOC(=O)C1=C(C)N(Cc2ccc(C)cc2)C(=O)C[C@@H]1c1ccc(C(F)(F)F)cc1. The zero-order valence-electron chi connectivity index (χ0n) is 17.9. The summed E-state index contributed by atoms with van der Waals surface area (Å²) in [5.41, 5.74) is 2.34. The molecule has 1 amide bonds. The molecular weight excluding hydrogens is 419 g/mol. The van der Waals surface area contributed by atoms with Crippen molar-refractivity contribution >= 4 is 11.9 Å². The van der Waals surface area contributed by atoms with Crippen LogP contribution in [0.1, 0.15) is 41.5 Å². The molecule has 7 heteroatoms. The highest BCUT2D eigenvalue weighted by Gasteiger charge is 2.37. The molecule has 3 rings (SSSR count). The van der Waals surface area contributed by atoms with Gasteiger partial charge in [0.05, 0.1) is 17.7 Å². The Morgan fingerprint density at radius 3 is 2.31 bits per heavy atom. The van der Waals surface area contributed by atoms with Gasteiger partial charge in [0, 0.05) is 18.0 Å². The second kappa shape index (κ2) is 9.42. The van der Waals surface area contributed by atoms with E-state index in [-0.39, 0.29) is 31.1 Å². The zero-order chi connectivity index (χ0) is 23.5. The van der Waals surface area contributed by atoms with Crippen molar-refractivity contribution in [2.24, 2.45) is 0 Å². The van der Waals surface area contributed by atoms with Crippen molar-refractivity contribution < 1.29 is 27.5 Å². The smallest absolute Gasteiger partial charge is 0.416 e. The maximum Gasteiger partial charge on any atom is 0.416 e. The fourth-order valence-corrected chi connectivity index (χ4v) is 3.75. The summed E-state index contributed by atoms with van der Waals surface area (Å²) in [5, 5.41) is 0. The summed E-state index contributed by atoms with van der Waals surface area (Å²) in [6.07, 6.45) is -3.09. The van der Waals surface area contributed by atoms with E-state index < -0.39 is 23.6 Å². The van der Waals surface area contributed by atoms with Gasteiger partial charge in [-0.15, -0.1) is 0 Å². The highest BCUT2D eigenvalue weighted by Crippen LogP contribution is 2.39. The van der Waals surface area contributed by atoms with Gasteiger partial charge >= 0.3 is 12.1 Å². The molecule has 0 aromatic heterocycles. The average Bonchev–Trinajstić information content (AvgIpc) is 2.75. The number of halogens is 3.